The fourth-order valence-corrected chi connectivity index (χ4v) is 4.67. The molecule has 2 aromatic rings. The maximum atomic E-state index is 12.7. The number of hydrogen-bond acceptors (Lipinski definition) is 4. The van der Waals surface area contributed by atoms with Crippen molar-refractivity contribution in [2.45, 2.75) is 25.2 Å². The van der Waals surface area contributed by atoms with Gasteiger partial charge in [-0.3, -0.25) is 9.52 Å². The number of aryl methyl sites for hydroxylation is 2. The first kappa shape index (κ1) is 19.4. The van der Waals surface area contributed by atoms with E-state index in [9.17, 15) is 13.2 Å². The molecule has 1 saturated heterocycles. The maximum Gasteiger partial charge on any atom is 0.262 e. The molecule has 3 rings (SSSR count). The van der Waals surface area contributed by atoms with Crippen molar-refractivity contribution >= 4 is 21.6 Å². The first-order valence-electron chi connectivity index (χ1n) is 8.99. The summed E-state index contributed by atoms with van der Waals surface area (Å²) in [6, 6.07) is 11.9. The van der Waals surface area contributed by atoms with Gasteiger partial charge < -0.3 is 10.6 Å². The molecule has 0 spiro atoms. The zero-order valence-electron chi connectivity index (χ0n) is 15.6. The highest BCUT2D eigenvalue weighted by atomic mass is 32.2. The van der Waals surface area contributed by atoms with Crippen LogP contribution in [0.3, 0.4) is 0 Å². The first-order chi connectivity index (χ1) is 12.8. The van der Waals surface area contributed by atoms with Crippen molar-refractivity contribution in [3.05, 3.63) is 59.2 Å². The normalized spacial score (nSPS) is 17.1. The predicted octanol–water partition coefficient (Wildman–Crippen LogP) is 2.53. The summed E-state index contributed by atoms with van der Waals surface area (Å²) in [5.41, 5.74) is 8.21. The molecule has 7 heteroatoms. The number of rotatable bonds is 5. The standard InChI is InChI=1S/C20H25N3O3S/c1-14-3-4-15(2)19(11-14)27(25,26)22-18-7-5-17(6-8-18)20(24)23-10-9-16(12-21)13-23/h3-8,11,16,22H,9-10,12-13,21H2,1-2H3. The van der Waals surface area contributed by atoms with Crippen LogP contribution in [0.2, 0.25) is 0 Å². The Morgan fingerprint density at radius 2 is 1.89 bits per heavy atom. The Morgan fingerprint density at radius 3 is 2.52 bits per heavy atom. The molecule has 0 saturated carbocycles. The van der Waals surface area contributed by atoms with E-state index in [1.807, 2.05) is 13.0 Å². The Balaban J connectivity index is 1.74. The monoisotopic (exact) mass is 387 g/mol. The van der Waals surface area contributed by atoms with Gasteiger partial charge in [0.2, 0.25) is 0 Å². The highest BCUT2D eigenvalue weighted by molar-refractivity contribution is 7.92. The molecule has 1 aliphatic rings. The predicted molar refractivity (Wildman–Crippen MR) is 106 cm³/mol. The number of nitrogens with zero attached hydrogens (tertiary/aromatic N) is 1. The number of benzene rings is 2. The van der Waals surface area contributed by atoms with Crippen LogP contribution in [0.4, 0.5) is 5.69 Å². The molecule has 0 aliphatic carbocycles. The smallest absolute Gasteiger partial charge is 0.262 e. The van der Waals surface area contributed by atoms with Gasteiger partial charge in [-0.1, -0.05) is 12.1 Å². The van der Waals surface area contributed by atoms with E-state index in [2.05, 4.69) is 4.72 Å². The molecule has 144 valence electrons. The van der Waals surface area contributed by atoms with Gasteiger partial charge in [-0.15, -0.1) is 0 Å². The third kappa shape index (κ3) is 4.31. The van der Waals surface area contributed by atoms with Crippen LogP contribution >= 0.6 is 0 Å². The summed E-state index contributed by atoms with van der Waals surface area (Å²) in [5.74, 6) is 0.312. The van der Waals surface area contributed by atoms with Crippen LogP contribution in [0, 0.1) is 19.8 Å². The van der Waals surface area contributed by atoms with Gasteiger partial charge >= 0.3 is 0 Å². The third-order valence-electron chi connectivity index (χ3n) is 4.92. The SMILES string of the molecule is Cc1ccc(C)c(S(=O)(=O)Nc2ccc(C(=O)N3CCC(CN)C3)cc2)c1. The minimum Gasteiger partial charge on any atom is -0.338 e. The van der Waals surface area contributed by atoms with Crippen molar-refractivity contribution < 1.29 is 13.2 Å². The van der Waals surface area contributed by atoms with E-state index in [0.29, 0.717) is 42.4 Å². The number of sulfonamides is 1. The largest absolute Gasteiger partial charge is 0.338 e. The van der Waals surface area contributed by atoms with Gasteiger partial charge in [0.05, 0.1) is 4.90 Å². The Bertz CT molecular complexity index is 939. The third-order valence-corrected chi connectivity index (χ3v) is 6.45. The Morgan fingerprint density at radius 1 is 1.19 bits per heavy atom. The fourth-order valence-electron chi connectivity index (χ4n) is 3.28. The Labute approximate surface area is 160 Å². The van der Waals surface area contributed by atoms with Crippen molar-refractivity contribution in [1.82, 2.24) is 4.90 Å². The van der Waals surface area contributed by atoms with E-state index in [1.54, 1.807) is 48.2 Å². The van der Waals surface area contributed by atoms with Gasteiger partial charge in [0, 0.05) is 24.3 Å². The van der Waals surface area contributed by atoms with Crippen LogP contribution in [0.5, 0.6) is 0 Å². The molecule has 0 bridgehead atoms. The van der Waals surface area contributed by atoms with Gasteiger partial charge in [0.1, 0.15) is 0 Å². The summed E-state index contributed by atoms with van der Waals surface area (Å²) in [7, 11) is -3.69. The molecule has 0 radical (unpaired) electrons. The van der Waals surface area contributed by atoms with Crippen molar-refractivity contribution in [2.24, 2.45) is 11.7 Å². The van der Waals surface area contributed by atoms with Crippen molar-refractivity contribution in [3.8, 4) is 0 Å². The zero-order chi connectivity index (χ0) is 19.6. The first-order valence-corrected chi connectivity index (χ1v) is 10.5. The lowest BCUT2D eigenvalue weighted by molar-refractivity contribution is 0.0787. The summed E-state index contributed by atoms with van der Waals surface area (Å²) in [4.78, 5) is 14.6. The number of likely N-dealkylation sites (tertiary alicyclic amines) is 1. The summed E-state index contributed by atoms with van der Waals surface area (Å²) in [6.45, 7) is 5.59. The summed E-state index contributed by atoms with van der Waals surface area (Å²) in [5, 5.41) is 0. The van der Waals surface area contributed by atoms with Gasteiger partial charge in [-0.05, 0) is 74.2 Å². The number of carbonyl (C=O) groups is 1. The second kappa shape index (κ2) is 7.70. The average molecular weight is 388 g/mol. The van der Waals surface area contributed by atoms with Gasteiger partial charge in [0.25, 0.3) is 15.9 Å². The number of nitrogens with two attached hydrogens (primary N) is 1. The van der Waals surface area contributed by atoms with Crippen LogP contribution in [0.15, 0.2) is 47.4 Å². The van der Waals surface area contributed by atoms with E-state index in [0.717, 1.165) is 12.0 Å². The van der Waals surface area contributed by atoms with Crippen LogP contribution < -0.4 is 10.5 Å². The molecular formula is C20H25N3O3S. The summed E-state index contributed by atoms with van der Waals surface area (Å²) in [6.07, 6.45) is 0.927. The van der Waals surface area contributed by atoms with E-state index >= 15 is 0 Å². The zero-order valence-corrected chi connectivity index (χ0v) is 16.4. The molecule has 1 aliphatic heterocycles. The maximum absolute atomic E-state index is 12.7. The number of nitrogens with one attached hydrogen (secondary N) is 1. The molecule has 0 aromatic heterocycles. The van der Waals surface area contributed by atoms with Gasteiger partial charge in [0.15, 0.2) is 0 Å². The number of amides is 1. The number of anilines is 1. The topological polar surface area (TPSA) is 92.5 Å². The number of carbonyl (C=O) groups excluding carboxylic acids is 1. The van der Waals surface area contributed by atoms with Gasteiger partial charge in [-0.25, -0.2) is 8.42 Å². The van der Waals surface area contributed by atoms with Crippen LogP contribution in [0.25, 0.3) is 0 Å². The lowest BCUT2D eigenvalue weighted by Gasteiger charge is -2.17. The van der Waals surface area contributed by atoms with Crippen molar-refractivity contribution in [3.63, 3.8) is 0 Å². The molecule has 3 N–H and O–H groups in total. The van der Waals surface area contributed by atoms with Gasteiger partial charge in [-0.2, -0.15) is 0 Å². The van der Waals surface area contributed by atoms with E-state index < -0.39 is 10.0 Å². The molecule has 6 nitrogen and oxygen atoms in total. The molecule has 27 heavy (non-hydrogen) atoms. The van der Waals surface area contributed by atoms with Crippen LogP contribution in [-0.4, -0.2) is 38.9 Å². The number of hydrogen-bond donors (Lipinski definition) is 2. The van der Waals surface area contributed by atoms with Crippen LogP contribution in [0.1, 0.15) is 27.9 Å². The van der Waals surface area contributed by atoms with Crippen molar-refractivity contribution in [1.29, 1.82) is 0 Å². The lowest BCUT2D eigenvalue weighted by Crippen LogP contribution is -2.29. The summed E-state index contributed by atoms with van der Waals surface area (Å²) >= 11 is 0. The highest BCUT2D eigenvalue weighted by Gasteiger charge is 2.26. The molecule has 1 heterocycles. The fraction of sp³-hybridized carbons (Fsp3) is 0.350. The van der Waals surface area contributed by atoms with Crippen LogP contribution in [-0.2, 0) is 10.0 Å². The average Bonchev–Trinajstić information content (AvgIpc) is 3.12. The minimum absolute atomic E-state index is 0.0464. The molecule has 1 fully saturated rings. The summed E-state index contributed by atoms with van der Waals surface area (Å²) < 4.78 is 27.9. The van der Waals surface area contributed by atoms with E-state index in [4.69, 9.17) is 5.73 Å². The second-order valence-electron chi connectivity index (χ2n) is 7.09. The Hall–Kier alpha value is -2.38. The molecule has 1 unspecified atom stereocenters. The van der Waals surface area contributed by atoms with E-state index in [1.165, 1.54) is 0 Å². The lowest BCUT2D eigenvalue weighted by atomic mass is 10.1. The van der Waals surface area contributed by atoms with Crippen molar-refractivity contribution in [2.75, 3.05) is 24.4 Å². The van der Waals surface area contributed by atoms with E-state index in [-0.39, 0.29) is 10.8 Å². The molecule has 2 aromatic carbocycles. The quantitative estimate of drug-likeness (QED) is 0.824. The molecule has 1 amide bonds. The Kier molecular flexibility index (Phi) is 5.53. The molecular weight excluding hydrogens is 362 g/mol. The minimum atomic E-state index is -3.69. The molecule has 1 atom stereocenters. The highest BCUT2D eigenvalue weighted by Crippen LogP contribution is 2.22. The second-order valence-corrected chi connectivity index (χ2v) is 8.74.